The number of hydrogen-bond donors (Lipinski definition) is 1. The number of nitrogens with one attached hydrogen (secondary N) is 1. The Hall–Kier alpha value is -0.680. The smallest absolute Gasteiger partial charge is 0.0765 e. The van der Waals surface area contributed by atoms with E-state index in [-0.39, 0.29) is 0 Å². The van der Waals surface area contributed by atoms with E-state index in [0.29, 0.717) is 6.04 Å². The quantitative estimate of drug-likeness (QED) is 0.796. The molecule has 0 aliphatic carbocycles. The van der Waals surface area contributed by atoms with Gasteiger partial charge < -0.3 is 10.2 Å². The first kappa shape index (κ1) is 14.7. The lowest BCUT2D eigenvalue weighted by molar-refractivity contribution is 0.300. The van der Waals surface area contributed by atoms with Crippen LogP contribution in [0.1, 0.15) is 29.6 Å². The minimum absolute atomic E-state index is 0.357. The van der Waals surface area contributed by atoms with Crippen LogP contribution in [0.5, 0.6) is 0 Å². The fourth-order valence-electron chi connectivity index (χ4n) is 2.16. The lowest BCUT2D eigenvalue weighted by Gasteiger charge is -2.21. The largest absolute Gasteiger partial charge is 0.304 e. The molecule has 0 aliphatic rings. The van der Waals surface area contributed by atoms with Gasteiger partial charge in [0, 0.05) is 22.8 Å². The predicted octanol–water partition coefficient (Wildman–Crippen LogP) is 3.83. The molecule has 104 valence electrons. The van der Waals surface area contributed by atoms with Crippen molar-refractivity contribution in [1.82, 2.24) is 10.2 Å². The lowest BCUT2D eigenvalue weighted by atomic mass is 10.2. The summed E-state index contributed by atoms with van der Waals surface area (Å²) in [6.45, 7) is 8.84. The highest BCUT2D eigenvalue weighted by atomic mass is 32.1. The SMILES string of the molecule is CCN(CC)CCNC(c1cccs1)c1cccs1. The van der Waals surface area contributed by atoms with Crippen LogP contribution in [0, 0.1) is 0 Å². The highest BCUT2D eigenvalue weighted by molar-refractivity contribution is 7.11. The summed E-state index contributed by atoms with van der Waals surface area (Å²) >= 11 is 3.66. The standard InChI is InChI=1S/C15H22N2S2/c1-3-17(4-2)10-9-16-15(13-7-5-11-18-13)14-8-6-12-19-14/h5-8,11-12,15-16H,3-4,9-10H2,1-2H3. The van der Waals surface area contributed by atoms with Crippen LogP contribution < -0.4 is 5.32 Å². The molecular formula is C15H22N2S2. The second-order valence-electron chi connectivity index (χ2n) is 4.44. The van der Waals surface area contributed by atoms with Gasteiger partial charge in [-0.1, -0.05) is 26.0 Å². The second-order valence-corrected chi connectivity index (χ2v) is 6.40. The van der Waals surface area contributed by atoms with E-state index in [4.69, 9.17) is 0 Å². The van der Waals surface area contributed by atoms with E-state index in [1.54, 1.807) is 0 Å². The molecule has 19 heavy (non-hydrogen) atoms. The van der Waals surface area contributed by atoms with Gasteiger partial charge in [0.2, 0.25) is 0 Å². The van der Waals surface area contributed by atoms with E-state index >= 15 is 0 Å². The summed E-state index contributed by atoms with van der Waals surface area (Å²) in [6, 6.07) is 9.06. The van der Waals surface area contributed by atoms with E-state index in [9.17, 15) is 0 Å². The van der Waals surface area contributed by atoms with Gasteiger partial charge in [0.15, 0.2) is 0 Å². The first-order valence-corrected chi connectivity index (χ1v) is 8.63. The summed E-state index contributed by atoms with van der Waals surface area (Å²) in [5, 5.41) is 8.01. The monoisotopic (exact) mass is 294 g/mol. The predicted molar refractivity (Wildman–Crippen MR) is 86.3 cm³/mol. The van der Waals surface area contributed by atoms with E-state index < -0.39 is 0 Å². The van der Waals surface area contributed by atoms with Crippen molar-refractivity contribution in [2.45, 2.75) is 19.9 Å². The molecule has 0 unspecified atom stereocenters. The molecule has 1 N–H and O–H groups in total. The molecule has 0 saturated heterocycles. The molecule has 0 saturated carbocycles. The Bertz CT molecular complexity index is 398. The minimum atomic E-state index is 0.357. The maximum atomic E-state index is 3.70. The molecule has 0 bridgehead atoms. The molecule has 2 heterocycles. The zero-order valence-electron chi connectivity index (χ0n) is 11.6. The van der Waals surface area contributed by atoms with Crippen LogP contribution in [0.3, 0.4) is 0 Å². The molecule has 0 amide bonds. The Labute approximate surface area is 124 Å². The second kappa shape index (κ2) is 7.80. The van der Waals surface area contributed by atoms with Crippen molar-refractivity contribution >= 4 is 22.7 Å². The molecule has 0 fully saturated rings. The van der Waals surface area contributed by atoms with Gasteiger partial charge in [0.1, 0.15) is 0 Å². The number of nitrogens with zero attached hydrogens (tertiary/aromatic N) is 1. The van der Waals surface area contributed by atoms with Crippen LogP contribution in [0.25, 0.3) is 0 Å². The average Bonchev–Trinajstić information content (AvgIpc) is 3.12. The Morgan fingerprint density at radius 2 is 1.63 bits per heavy atom. The van der Waals surface area contributed by atoms with Crippen molar-refractivity contribution in [2.75, 3.05) is 26.2 Å². The Morgan fingerprint density at radius 1 is 1.05 bits per heavy atom. The van der Waals surface area contributed by atoms with Gasteiger partial charge in [-0.25, -0.2) is 0 Å². The highest BCUT2D eigenvalue weighted by Crippen LogP contribution is 2.28. The Morgan fingerprint density at radius 3 is 2.05 bits per heavy atom. The van der Waals surface area contributed by atoms with E-state index in [1.807, 2.05) is 22.7 Å². The van der Waals surface area contributed by atoms with Gasteiger partial charge >= 0.3 is 0 Å². The van der Waals surface area contributed by atoms with Crippen LogP contribution in [-0.4, -0.2) is 31.1 Å². The molecule has 0 aliphatic heterocycles. The van der Waals surface area contributed by atoms with Crippen molar-refractivity contribution in [3.63, 3.8) is 0 Å². The third-order valence-electron chi connectivity index (χ3n) is 3.33. The summed E-state index contributed by atoms with van der Waals surface area (Å²) in [5.74, 6) is 0. The van der Waals surface area contributed by atoms with Gasteiger partial charge in [-0.05, 0) is 36.0 Å². The maximum Gasteiger partial charge on any atom is 0.0765 e. The molecule has 0 spiro atoms. The Kier molecular flexibility index (Phi) is 6.04. The minimum Gasteiger partial charge on any atom is -0.304 e. The lowest BCUT2D eigenvalue weighted by Crippen LogP contribution is -2.33. The van der Waals surface area contributed by atoms with E-state index in [0.717, 1.165) is 26.2 Å². The molecule has 2 aromatic heterocycles. The number of hydrogen-bond acceptors (Lipinski definition) is 4. The highest BCUT2D eigenvalue weighted by Gasteiger charge is 2.15. The topological polar surface area (TPSA) is 15.3 Å². The molecule has 0 radical (unpaired) electrons. The molecule has 0 atom stereocenters. The van der Waals surface area contributed by atoms with Gasteiger partial charge in [-0.2, -0.15) is 0 Å². The van der Waals surface area contributed by atoms with Gasteiger partial charge in [0.25, 0.3) is 0 Å². The van der Waals surface area contributed by atoms with Gasteiger partial charge in [0.05, 0.1) is 6.04 Å². The first-order chi connectivity index (χ1) is 9.35. The summed E-state index contributed by atoms with van der Waals surface area (Å²) < 4.78 is 0. The van der Waals surface area contributed by atoms with Crippen molar-refractivity contribution in [3.05, 3.63) is 44.8 Å². The molecule has 2 rings (SSSR count). The van der Waals surface area contributed by atoms with E-state index in [1.165, 1.54) is 9.75 Å². The molecule has 2 nitrogen and oxygen atoms in total. The van der Waals surface area contributed by atoms with E-state index in [2.05, 4.69) is 59.1 Å². The first-order valence-electron chi connectivity index (χ1n) is 6.87. The average molecular weight is 294 g/mol. The van der Waals surface area contributed by atoms with Crippen molar-refractivity contribution in [1.29, 1.82) is 0 Å². The number of rotatable bonds is 8. The fourth-order valence-corrected chi connectivity index (χ4v) is 3.87. The summed E-state index contributed by atoms with van der Waals surface area (Å²) in [7, 11) is 0. The third-order valence-corrected chi connectivity index (χ3v) is 5.20. The zero-order valence-corrected chi connectivity index (χ0v) is 13.3. The molecule has 0 aromatic carbocycles. The normalized spacial score (nSPS) is 11.6. The molecule has 4 heteroatoms. The number of thiophene rings is 2. The zero-order chi connectivity index (χ0) is 13.5. The van der Waals surface area contributed by atoms with Crippen LogP contribution in [0.4, 0.5) is 0 Å². The maximum absolute atomic E-state index is 3.70. The van der Waals surface area contributed by atoms with Crippen LogP contribution in [0.15, 0.2) is 35.0 Å². The van der Waals surface area contributed by atoms with Gasteiger partial charge in [-0.3, -0.25) is 0 Å². The van der Waals surface area contributed by atoms with Gasteiger partial charge in [-0.15, -0.1) is 22.7 Å². The van der Waals surface area contributed by atoms with Crippen molar-refractivity contribution in [2.24, 2.45) is 0 Å². The molecule has 2 aromatic rings. The summed E-state index contributed by atoms with van der Waals surface area (Å²) in [4.78, 5) is 5.26. The number of likely N-dealkylation sites (N-methyl/N-ethyl adjacent to an activating group) is 1. The molecular weight excluding hydrogens is 272 g/mol. The van der Waals surface area contributed by atoms with Crippen LogP contribution in [-0.2, 0) is 0 Å². The van der Waals surface area contributed by atoms with Crippen molar-refractivity contribution in [3.8, 4) is 0 Å². The van der Waals surface area contributed by atoms with Crippen LogP contribution >= 0.6 is 22.7 Å². The summed E-state index contributed by atoms with van der Waals surface area (Å²) in [5.41, 5.74) is 0. The third kappa shape index (κ3) is 4.14. The fraction of sp³-hybridized carbons (Fsp3) is 0.467. The summed E-state index contributed by atoms with van der Waals surface area (Å²) in [6.07, 6.45) is 0. The van der Waals surface area contributed by atoms with Crippen LogP contribution in [0.2, 0.25) is 0 Å². The Balaban J connectivity index is 1.96. The van der Waals surface area contributed by atoms with Crippen molar-refractivity contribution < 1.29 is 0 Å².